The number of rotatable bonds is 4. The molecule has 7 heteroatoms. The first-order valence-corrected chi connectivity index (χ1v) is 8.01. The van der Waals surface area contributed by atoms with E-state index in [4.69, 9.17) is 21.4 Å². The number of carbonyl (C=O) groups is 1. The maximum Gasteiger partial charge on any atom is 0.276 e. The third-order valence-corrected chi connectivity index (χ3v) is 4.10. The van der Waals surface area contributed by atoms with Crippen molar-refractivity contribution in [2.75, 3.05) is 7.05 Å². The molecule has 0 spiro atoms. The third kappa shape index (κ3) is 3.62. The molecule has 2 heterocycles. The Kier molecular flexibility index (Phi) is 4.49. The van der Waals surface area contributed by atoms with E-state index in [2.05, 4.69) is 21.2 Å². The van der Waals surface area contributed by atoms with E-state index in [1.54, 1.807) is 19.2 Å². The lowest BCUT2D eigenvalue weighted by Gasteiger charge is -2.04. The second-order valence-corrected chi connectivity index (χ2v) is 6.20. The van der Waals surface area contributed by atoms with Crippen molar-refractivity contribution in [3.05, 3.63) is 58.1 Å². The van der Waals surface area contributed by atoms with Crippen LogP contribution in [0.25, 0.3) is 6.08 Å². The molecule has 3 rings (SSSR count). The fraction of sp³-hybridized carbons (Fsp3) is 0.125. The van der Waals surface area contributed by atoms with Gasteiger partial charge in [0.15, 0.2) is 5.11 Å². The number of likely N-dealkylation sites (N-methyl/N-ethyl adjacent to an activating group) is 1. The molecule has 5 nitrogen and oxygen atoms in total. The van der Waals surface area contributed by atoms with E-state index >= 15 is 0 Å². The van der Waals surface area contributed by atoms with Crippen molar-refractivity contribution in [3.63, 3.8) is 0 Å². The molecule has 1 aromatic carbocycles. The van der Waals surface area contributed by atoms with Crippen LogP contribution in [0.5, 0.6) is 5.75 Å². The predicted octanol–water partition coefficient (Wildman–Crippen LogP) is 3.31. The number of nitrogens with zero attached hydrogens (tertiary/aromatic N) is 1. The van der Waals surface area contributed by atoms with Crippen molar-refractivity contribution in [2.24, 2.45) is 0 Å². The van der Waals surface area contributed by atoms with Gasteiger partial charge in [-0.05, 0) is 42.5 Å². The monoisotopic (exact) mass is 392 g/mol. The number of carbonyl (C=O) groups excluding carboxylic acids is 1. The smallest absolute Gasteiger partial charge is 0.276 e. The lowest BCUT2D eigenvalue weighted by Crippen LogP contribution is -2.25. The first-order chi connectivity index (χ1) is 11.0. The van der Waals surface area contributed by atoms with Crippen LogP contribution in [-0.2, 0) is 11.4 Å². The Labute approximate surface area is 147 Å². The molecule has 0 aliphatic carbocycles. The molecule has 0 bridgehead atoms. The summed E-state index contributed by atoms with van der Waals surface area (Å²) in [4.78, 5) is 13.3. The Morgan fingerprint density at radius 1 is 1.39 bits per heavy atom. The van der Waals surface area contributed by atoms with E-state index < -0.39 is 0 Å². The second kappa shape index (κ2) is 6.55. The molecule has 1 fully saturated rings. The summed E-state index contributed by atoms with van der Waals surface area (Å²) in [5.41, 5.74) is 0.395. The van der Waals surface area contributed by atoms with Gasteiger partial charge in [-0.25, -0.2) is 0 Å². The molecule has 1 aliphatic rings. The Hall–Kier alpha value is -2.12. The van der Waals surface area contributed by atoms with Gasteiger partial charge in [-0.1, -0.05) is 22.0 Å². The van der Waals surface area contributed by atoms with Crippen LogP contribution in [0.1, 0.15) is 11.5 Å². The van der Waals surface area contributed by atoms with Crippen LogP contribution in [0.2, 0.25) is 0 Å². The van der Waals surface area contributed by atoms with Crippen molar-refractivity contribution < 1.29 is 13.9 Å². The average Bonchev–Trinajstić information content (AvgIpc) is 3.07. The number of hydrogen-bond donors (Lipinski definition) is 1. The number of nitrogens with one attached hydrogen (secondary N) is 1. The van der Waals surface area contributed by atoms with Gasteiger partial charge in [0.1, 0.15) is 29.6 Å². The van der Waals surface area contributed by atoms with Crippen LogP contribution in [0.3, 0.4) is 0 Å². The minimum atomic E-state index is -0.182. The number of thiocarbonyl (C=S) groups is 1. The molecular formula is C16H13BrN2O3S. The standard InChI is InChI=1S/C16H13BrN2O3S/c1-19-15(20)14(18-16(19)23)8-12-5-6-13(22-12)9-21-11-4-2-3-10(17)7-11/h2-8H,9H2,1H3,(H,18,23)/b14-8+. The number of hydrogen-bond acceptors (Lipinski definition) is 4. The highest BCUT2D eigenvalue weighted by molar-refractivity contribution is 9.10. The fourth-order valence-corrected chi connectivity index (χ4v) is 2.60. The van der Waals surface area contributed by atoms with Crippen LogP contribution in [-0.4, -0.2) is 23.0 Å². The summed E-state index contributed by atoms with van der Waals surface area (Å²) in [6.07, 6.45) is 1.63. The van der Waals surface area contributed by atoms with Gasteiger partial charge in [-0.2, -0.15) is 0 Å². The average molecular weight is 393 g/mol. The molecule has 0 unspecified atom stereocenters. The Balaban J connectivity index is 1.67. The lowest BCUT2D eigenvalue weighted by atomic mass is 10.3. The summed E-state index contributed by atoms with van der Waals surface area (Å²) in [7, 11) is 1.62. The zero-order valence-corrected chi connectivity index (χ0v) is 14.6. The van der Waals surface area contributed by atoms with Crippen molar-refractivity contribution in [1.29, 1.82) is 0 Å². The van der Waals surface area contributed by atoms with Gasteiger partial charge in [0, 0.05) is 17.6 Å². The lowest BCUT2D eigenvalue weighted by molar-refractivity contribution is -0.121. The minimum Gasteiger partial charge on any atom is -0.486 e. The Bertz CT molecular complexity index is 800. The molecule has 0 atom stereocenters. The number of ether oxygens (including phenoxy) is 1. The van der Waals surface area contributed by atoms with Gasteiger partial charge >= 0.3 is 0 Å². The summed E-state index contributed by atoms with van der Waals surface area (Å²) in [6.45, 7) is 0.305. The molecule has 0 saturated carbocycles. The number of benzene rings is 1. The van der Waals surface area contributed by atoms with Gasteiger partial charge in [-0.15, -0.1) is 0 Å². The summed E-state index contributed by atoms with van der Waals surface area (Å²) >= 11 is 8.41. The van der Waals surface area contributed by atoms with E-state index in [9.17, 15) is 4.79 Å². The van der Waals surface area contributed by atoms with Gasteiger partial charge < -0.3 is 14.5 Å². The van der Waals surface area contributed by atoms with Crippen molar-refractivity contribution in [1.82, 2.24) is 10.2 Å². The van der Waals surface area contributed by atoms with Crippen LogP contribution >= 0.6 is 28.1 Å². The molecule has 1 aromatic heterocycles. The predicted molar refractivity (Wildman–Crippen MR) is 93.7 cm³/mol. The van der Waals surface area contributed by atoms with Crippen molar-refractivity contribution in [2.45, 2.75) is 6.61 Å². The highest BCUT2D eigenvalue weighted by Crippen LogP contribution is 2.20. The largest absolute Gasteiger partial charge is 0.486 e. The zero-order chi connectivity index (χ0) is 16.4. The zero-order valence-electron chi connectivity index (χ0n) is 12.2. The molecule has 1 N–H and O–H groups in total. The van der Waals surface area contributed by atoms with Crippen molar-refractivity contribution >= 4 is 45.2 Å². The van der Waals surface area contributed by atoms with E-state index in [1.165, 1.54) is 4.90 Å². The van der Waals surface area contributed by atoms with E-state index in [1.807, 2.05) is 30.3 Å². The van der Waals surface area contributed by atoms with Gasteiger partial charge in [0.05, 0.1) is 0 Å². The van der Waals surface area contributed by atoms with Crippen molar-refractivity contribution in [3.8, 4) is 5.75 Å². The minimum absolute atomic E-state index is 0.182. The van der Waals surface area contributed by atoms with E-state index in [0.29, 0.717) is 28.9 Å². The maximum atomic E-state index is 11.9. The fourth-order valence-electron chi connectivity index (χ4n) is 2.03. The van der Waals surface area contributed by atoms with E-state index in [0.717, 1.165) is 10.2 Å². The molecule has 1 saturated heterocycles. The van der Waals surface area contributed by atoms with Crippen LogP contribution in [0.15, 0.2) is 51.0 Å². The Morgan fingerprint density at radius 2 is 2.22 bits per heavy atom. The number of furan rings is 1. The molecular weight excluding hydrogens is 380 g/mol. The molecule has 1 aliphatic heterocycles. The summed E-state index contributed by atoms with van der Waals surface area (Å²) in [5.74, 6) is 1.79. The summed E-state index contributed by atoms with van der Waals surface area (Å²) in [6, 6.07) is 11.2. The highest BCUT2D eigenvalue weighted by atomic mass is 79.9. The normalized spacial score (nSPS) is 16.1. The summed E-state index contributed by atoms with van der Waals surface area (Å²) in [5, 5.41) is 3.23. The first kappa shape index (κ1) is 15.8. The van der Waals surface area contributed by atoms with Gasteiger partial charge in [0.25, 0.3) is 5.91 Å². The first-order valence-electron chi connectivity index (χ1n) is 6.81. The second-order valence-electron chi connectivity index (χ2n) is 4.90. The number of halogens is 1. The SMILES string of the molecule is CN1C(=O)/C(=C\c2ccc(COc3cccc(Br)c3)o2)NC1=S. The quantitative estimate of drug-likeness (QED) is 0.638. The van der Waals surface area contributed by atoms with Crippen LogP contribution in [0.4, 0.5) is 0 Å². The molecule has 118 valence electrons. The van der Waals surface area contributed by atoms with Gasteiger partial charge in [-0.3, -0.25) is 9.69 Å². The molecule has 2 aromatic rings. The topological polar surface area (TPSA) is 54.7 Å². The summed E-state index contributed by atoms with van der Waals surface area (Å²) < 4.78 is 12.3. The van der Waals surface area contributed by atoms with Gasteiger partial charge in [0.2, 0.25) is 0 Å². The third-order valence-electron chi connectivity index (χ3n) is 3.23. The molecule has 23 heavy (non-hydrogen) atoms. The molecule has 0 radical (unpaired) electrons. The molecule has 1 amide bonds. The van der Waals surface area contributed by atoms with E-state index in [-0.39, 0.29) is 5.91 Å². The highest BCUT2D eigenvalue weighted by Gasteiger charge is 2.27. The number of amides is 1. The Morgan fingerprint density at radius 3 is 2.91 bits per heavy atom. The maximum absolute atomic E-state index is 11.9. The van der Waals surface area contributed by atoms with Crippen LogP contribution < -0.4 is 10.1 Å². The van der Waals surface area contributed by atoms with Crippen LogP contribution in [0, 0.1) is 0 Å².